The number of carboxylic acids is 3. The van der Waals surface area contributed by atoms with E-state index >= 15 is 0 Å². The molecule has 0 atom stereocenters. The van der Waals surface area contributed by atoms with Gasteiger partial charge in [-0.2, -0.15) is 0 Å². The van der Waals surface area contributed by atoms with Gasteiger partial charge in [-0.25, -0.2) is 0 Å². The fraction of sp³-hybridized carbons (Fsp3) is 0.500. The van der Waals surface area contributed by atoms with Crippen molar-refractivity contribution in [2.75, 3.05) is 0 Å². The Labute approximate surface area is 192 Å². The predicted octanol–water partition coefficient (Wildman–Crippen LogP) is -6.88. The van der Waals surface area contributed by atoms with Gasteiger partial charge in [0.2, 0.25) is 0 Å². The molecule has 10 nitrogen and oxygen atoms in total. The number of halogens is 3. The summed E-state index contributed by atoms with van der Waals surface area (Å²) in [6.45, 7) is 0. The number of aliphatic hydroxyl groups is 1. The average Bonchev–Trinajstić information content (AvgIpc) is 1.82. The molecule has 122 valence electrons. The first-order valence-electron chi connectivity index (χ1n) is 3.11. The monoisotopic (exact) mass is 411 g/mol. The van der Waals surface area contributed by atoms with Gasteiger partial charge < -0.3 is 53.3 Å². The Balaban J connectivity index is -0.0000000257. The number of carboxylic acid groups (broad SMARTS) is 3. The van der Waals surface area contributed by atoms with E-state index in [9.17, 15) is 29.7 Å². The van der Waals surface area contributed by atoms with Gasteiger partial charge in [0.1, 0.15) is 5.60 Å². The second-order valence-corrected chi connectivity index (χ2v) is 2.42. The molecule has 0 aromatic heterocycles. The van der Waals surface area contributed by atoms with E-state index in [2.05, 4.69) is 0 Å². The van der Waals surface area contributed by atoms with E-state index in [0.29, 0.717) is 0 Å². The molecule has 0 unspecified atom stereocenters. The van der Waals surface area contributed by atoms with Gasteiger partial charge in [-0.3, -0.25) is 0 Å². The molecule has 0 aliphatic rings. The topological polar surface area (TPSA) is 246 Å². The SMILES string of the molecule is Cl.Cl.Cl.N.N.N.O=C([O-])CC(O)(CC(=O)[O-])C(=O)[O-].[Ca+2].[Na+]. The van der Waals surface area contributed by atoms with Crippen LogP contribution in [-0.2, 0) is 14.4 Å². The van der Waals surface area contributed by atoms with E-state index in [1.165, 1.54) is 0 Å². The van der Waals surface area contributed by atoms with Crippen molar-refractivity contribution in [3.63, 3.8) is 0 Å². The largest absolute Gasteiger partial charge is 2.00 e. The molecule has 0 bridgehead atoms. The number of carbonyl (C=O) groups is 3. The third kappa shape index (κ3) is 26.6. The van der Waals surface area contributed by atoms with Gasteiger partial charge in [-0.15, -0.1) is 37.2 Å². The molecule has 0 fully saturated rings. The Kier molecular flexibility index (Phi) is 71.5. The summed E-state index contributed by atoms with van der Waals surface area (Å²) in [5, 5.41) is 38.9. The van der Waals surface area contributed by atoms with Crippen LogP contribution in [0.5, 0.6) is 0 Å². The van der Waals surface area contributed by atoms with Crippen LogP contribution in [0.15, 0.2) is 0 Å². The summed E-state index contributed by atoms with van der Waals surface area (Å²) in [5.41, 5.74) is -2.97. The van der Waals surface area contributed by atoms with Crippen LogP contribution in [0.4, 0.5) is 0 Å². The molecule has 0 rings (SSSR count). The number of hydrogen-bond acceptors (Lipinski definition) is 10. The summed E-state index contributed by atoms with van der Waals surface area (Å²) >= 11 is 0. The maximum Gasteiger partial charge on any atom is 2.00 e. The van der Waals surface area contributed by atoms with Crippen LogP contribution in [0.2, 0.25) is 0 Å². The molecular formula is C6H17CaCl3N3NaO7. The summed E-state index contributed by atoms with van der Waals surface area (Å²) in [5.74, 6) is -5.98. The summed E-state index contributed by atoms with van der Waals surface area (Å²) in [7, 11) is 0. The van der Waals surface area contributed by atoms with Gasteiger partial charge in [0.15, 0.2) is 0 Å². The quantitative estimate of drug-likeness (QED) is 0.310. The van der Waals surface area contributed by atoms with Crippen molar-refractivity contribution >= 4 is 92.9 Å². The molecule has 15 heteroatoms. The van der Waals surface area contributed by atoms with Crippen LogP contribution >= 0.6 is 37.2 Å². The molecule has 0 aromatic rings. The van der Waals surface area contributed by atoms with E-state index in [-0.39, 0.29) is 123 Å². The van der Waals surface area contributed by atoms with Gasteiger partial charge in [0.05, 0.1) is 5.97 Å². The Morgan fingerprint density at radius 1 is 0.810 bits per heavy atom. The first-order valence-corrected chi connectivity index (χ1v) is 3.11. The second-order valence-electron chi connectivity index (χ2n) is 2.42. The zero-order valence-electron chi connectivity index (χ0n) is 11.4. The van der Waals surface area contributed by atoms with Crippen LogP contribution in [-0.4, -0.2) is 66.4 Å². The van der Waals surface area contributed by atoms with Crippen LogP contribution < -0.4 is 63.3 Å². The minimum absolute atomic E-state index is 0. The normalized spacial score (nSPS) is 6.71. The molecule has 0 aliphatic heterocycles. The van der Waals surface area contributed by atoms with E-state index in [0.717, 1.165) is 0 Å². The molecule has 0 saturated heterocycles. The predicted molar refractivity (Wildman–Crippen MR) is 71.8 cm³/mol. The van der Waals surface area contributed by atoms with Crippen molar-refractivity contribution in [2.45, 2.75) is 18.4 Å². The molecule has 21 heavy (non-hydrogen) atoms. The minimum atomic E-state index is -2.97. The average molecular weight is 413 g/mol. The molecule has 0 heterocycles. The Bertz CT molecular complexity index is 262. The first-order chi connectivity index (χ1) is 5.78. The van der Waals surface area contributed by atoms with E-state index in [1.54, 1.807) is 0 Å². The third-order valence-corrected chi connectivity index (χ3v) is 1.25. The van der Waals surface area contributed by atoms with Gasteiger partial charge in [0, 0.05) is 24.8 Å². The number of carbonyl (C=O) groups excluding carboxylic acids is 3. The fourth-order valence-corrected chi connectivity index (χ4v) is 0.684. The molecular weight excluding hydrogens is 396 g/mol. The van der Waals surface area contributed by atoms with Crippen molar-refractivity contribution < 1.29 is 64.4 Å². The zero-order valence-corrected chi connectivity index (χ0v) is 18.0. The maximum atomic E-state index is 10.1. The number of rotatable bonds is 5. The second kappa shape index (κ2) is 26.3. The summed E-state index contributed by atoms with van der Waals surface area (Å²) < 4.78 is 0. The molecule has 0 aromatic carbocycles. The van der Waals surface area contributed by atoms with Crippen molar-refractivity contribution in [3.8, 4) is 0 Å². The Morgan fingerprint density at radius 3 is 1.10 bits per heavy atom. The van der Waals surface area contributed by atoms with Gasteiger partial charge in [0.25, 0.3) is 0 Å². The van der Waals surface area contributed by atoms with Crippen molar-refractivity contribution in [1.82, 2.24) is 18.5 Å². The smallest absolute Gasteiger partial charge is 0.550 e. The van der Waals surface area contributed by atoms with Gasteiger partial charge in [-0.1, -0.05) is 0 Å². The Hall–Kier alpha value is 1.38. The van der Waals surface area contributed by atoms with Crippen LogP contribution in [0, 0.1) is 0 Å². The fourth-order valence-electron chi connectivity index (χ4n) is 0.684. The summed E-state index contributed by atoms with van der Waals surface area (Å²) in [6, 6.07) is 0. The van der Waals surface area contributed by atoms with Crippen LogP contribution in [0.1, 0.15) is 12.8 Å². The molecule has 0 radical (unpaired) electrons. The van der Waals surface area contributed by atoms with Gasteiger partial charge >= 0.3 is 67.3 Å². The van der Waals surface area contributed by atoms with E-state index < -0.39 is 36.4 Å². The Morgan fingerprint density at radius 2 is 1.00 bits per heavy atom. The third-order valence-electron chi connectivity index (χ3n) is 1.25. The van der Waals surface area contributed by atoms with Gasteiger partial charge in [-0.05, 0) is 0 Å². The maximum absolute atomic E-state index is 10.1. The van der Waals surface area contributed by atoms with E-state index in [4.69, 9.17) is 5.11 Å². The van der Waals surface area contributed by atoms with Crippen molar-refractivity contribution in [1.29, 1.82) is 0 Å². The molecule has 0 aliphatic carbocycles. The number of hydrogen-bond donors (Lipinski definition) is 4. The molecule has 0 amide bonds. The molecule has 0 spiro atoms. The van der Waals surface area contributed by atoms with Crippen molar-refractivity contribution in [2.24, 2.45) is 0 Å². The first kappa shape index (κ1) is 57.1. The van der Waals surface area contributed by atoms with Crippen molar-refractivity contribution in [3.05, 3.63) is 0 Å². The summed E-state index contributed by atoms with van der Waals surface area (Å²) in [6.07, 6.45) is -2.72. The molecule has 0 saturated carbocycles. The number of aliphatic carboxylic acids is 3. The van der Waals surface area contributed by atoms with Crippen LogP contribution in [0.3, 0.4) is 0 Å². The zero-order chi connectivity index (χ0) is 10.6. The minimum Gasteiger partial charge on any atom is -0.550 e. The standard InChI is InChI=1S/C6H8O7.Ca.3ClH.3H3N.Na/c7-3(8)1-6(13,5(11)12)2-4(9)10;;;;;;;;/h13H,1-2H2,(H,7,8)(H,9,10)(H,11,12);;3*1H;3*1H3;/q;+2;;;;;;;+1/p-3. The molecule has 10 N–H and O–H groups in total. The summed E-state index contributed by atoms with van der Waals surface area (Å²) in [4.78, 5) is 30.0. The van der Waals surface area contributed by atoms with E-state index in [1.807, 2.05) is 0 Å². The van der Waals surface area contributed by atoms with Crippen LogP contribution in [0.25, 0.3) is 0 Å².